The number of sulfonamides is 1. The van der Waals surface area contributed by atoms with Crippen LogP contribution in [0.5, 0.6) is 0 Å². The van der Waals surface area contributed by atoms with E-state index in [0.717, 1.165) is 5.56 Å². The number of aromatic nitrogens is 3. The Morgan fingerprint density at radius 1 is 0.778 bits per heavy atom. The monoisotopic (exact) mass is 497 g/mol. The molecule has 5 aromatic rings. The van der Waals surface area contributed by atoms with Gasteiger partial charge < -0.3 is 10.4 Å². The van der Waals surface area contributed by atoms with Gasteiger partial charge in [-0.15, -0.1) is 0 Å². The second-order valence-corrected chi connectivity index (χ2v) is 9.53. The number of carboxylic acids is 1. The highest BCUT2D eigenvalue weighted by atomic mass is 32.2. The van der Waals surface area contributed by atoms with Crippen LogP contribution in [0.1, 0.15) is 10.4 Å². The van der Waals surface area contributed by atoms with Gasteiger partial charge in [-0.2, -0.15) is 0 Å². The van der Waals surface area contributed by atoms with Crippen LogP contribution in [0.4, 0.5) is 17.2 Å². The molecule has 0 bridgehead atoms. The average molecular weight is 498 g/mol. The summed E-state index contributed by atoms with van der Waals surface area (Å²) in [5.74, 6) is -0.570. The average Bonchev–Trinajstić information content (AvgIpc) is 2.89. The fourth-order valence-corrected chi connectivity index (χ4v) is 4.65. The number of carboxylic acid groups (broad SMARTS) is 1. The summed E-state index contributed by atoms with van der Waals surface area (Å²) in [6.45, 7) is 0. The van der Waals surface area contributed by atoms with E-state index in [0.29, 0.717) is 33.8 Å². The smallest absolute Gasteiger partial charge is 0.335 e. The number of pyridine rings is 1. The Morgan fingerprint density at radius 3 is 2.42 bits per heavy atom. The number of carbonyl (C=O) groups is 1. The third kappa shape index (κ3) is 4.98. The standard InChI is InChI=1S/C26H19N5O4S/c32-26(33)18-5-4-6-20(11-18)29-25-16-28-23-10-9-17(13-24(23)30-25)19-12-21(15-27-14-19)31-36(34,35)22-7-2-1-3-8-22/h1-16,31H,(H,29,30)(H,32,33). The summed E-state index contributed by atoms with van der Waals surface area (Å²) in [6, 6.07) is 21.7. The lowest BCUT2D eigenvalue weighted by Gasteiger charge is -2.10. The molecule has 36 heavy (non-hydrogen) atoms. The maximum Gasteiger partial charge on any atom is 0.335 e. The van der Waals surface area contributed by atoms with Gasteiger partial charge in [0.05, 0.1) is 39.6 Å². The highest BCUT2D eigenvalue weighted by Gasteiger charge is 2.14. The summed E-state index contributed by atoms with van der Waals surface area (Å²) in [7, 11) is -3.75. The minimum Gasteiger partial charge on any atom is -0.478 e. The van der Waals surface area contributed by atoms with Crippen LogP contribution >= 0.6 is 0 Å². The zero-order valence-electron chi connectivity index (χ0n) is 18.7. The largest absolute Gasteiger partial charge is 0.478 e. The van der Waals surface area contributed by atoms with Gasteiger partial charge in [-0.3, -0.25) is 14.7 Å². The number of aromatic carboxylic acids is 1. The lowest BCUT2D eigenvalue weighted by Crippen LogP contribution is -2.12. The second kappa shape index (κ2) is 9.43. The van der Waals surface area contributed by atoms with Crippen molar-refractivity contribution in [3.63, 3.8) is 0 Å². The van der Waals surface area contributed by atoms with E-state index in [-0.39, 0.29) is 10.5 Å². The predicted octanol–water partition coefficient (Wildman–Crippen LogP) is 4.93. The van der Waals surface area contributed by atoms with E-state index in [1.165, 1.54) is 30.5 Å². The van der Waals surface area contributed by atoms with E-state index < -0.39 is 16.0 Å². The molecular formula is C26H19N5O4S. The fourth-order valence-electron chi connectivity index (χ4n) is 3.60. The quantitative estimate of drug-likeness (QED) is 0.288. The van der Waals surface area contributed by atoms with E-state index in [1.807, 2.05) is 18.2 Å². The lowest BCUT2D eigenvalue weighted by atomic mass is 10.1. The van der Waals surface area contributed by atoms with E-state index in [1.54, 1.807) is 48.8 Å². The molecule has 0 unspecified atom stereocenters. The summed E-state index contributed by atoms with van der Waals surface area (Å²) >= 11 is 0. The van der Waals surface area contributed by atoms with Gasteiger partial charge in [-0.25, -0.2) is 18.2 Å². The molecule has 0 aliphatic rings. The van der Waals surface area contributed by atoms with Gasteiger partial charge in [0.1, 0.15) is 5.82 Å². The zero-order chi connectivity index (χ0) is 25.1. The normalized spacial score (nSPS) is 11.2. The van der Waals surface area contributed by atoms with Crippen LogP contribution in [-0.4, -0.2) is 34.4 Å². The minimum absolute atomic E-state index is 0.158. The summed E-state index contributed by atoms with van der Waals surface area (Å²) in [5, 5.41) is 12.3. The number of rotatable bonds is 7. The number of hydrogen-bond donors (Lipinski definition) is 3. The number of fused-ring (bicyclic) bond motifs is 1. The van der Waals surface area contributed by atoms with Gasteiger partial charge in [0, 0.05) is 17.4 Å². The van der Waals surface area contributed by atoms with Crippen LogP contribution in [-0.2, 0) is 10.0 Å². The zero-order valence-corrected chi connectivity index (χ0v) is 19.5. The molecule has 3 N–H and O–H groups in total. The van der Waals surface area contributed by atoms with E-state index >= 15 is 0 Å². The first kappa shape index (κ1) is 22.9. The Hall–Kier alpha value is -4.83. The lowest BCUT2D eigenvalue weighted by molar-refractivity contribution is 0.0697. The first-order chi connectivity index (χ1) is 17.4. The van der Waals surface area contributed by atoms with Crippen molar-refractivity contribution in [2.45, 2.75) is 4.90 Å². The number of hydrogen-bond acceptors (Lipinski definition) is 7. The van der Waals surface area contributed by atoms with E-state index in [9.17, 15) is 18.3 Å². The highest BCUT2D eigenvalue weighted by Crippen LogP contribution is 2.26. The topological polar surface area (TPSA) is 134 Å². The number of nitrogens with one attached hydrogen (secondary N) is 2. The van der Waals surface area contributed by atoms with Crippen LogP contribution in [0.2, 0.25) is 0 Å². The molecule has 0 fully saturated rings. The van der Waals surface area contributed by atoms with Gasteiger partial charge in [0.25, 0.3) is 10.0 Å². The Labute approximate surface area is 206 Å². The van der Waals surface area contributed by atoms with Gasteiger partial charge in [0.15, 0.2) is 0 Å². The first-order valence-corrected chi connectivity index (χ1v) is 12.3. The van der Waals surface area contributed by atoms with Crippen molar-refractivity contribution >= 4 is 44.2 Å². The summed E-state index contributed by atoms with van der Waals surface area (Å²) in [5.41, 5.74) is 3.79. The minimum atomic E-state index is -3.75. The maximum atomic E-state index is 12.7. The second-order valence-electron chi connectivity index (χ2n) is 7.85. The van der Waals surface area contributed by atoms with Crippen molar-refractivity contribution in [1.82, 2.24) is 15.0 Å². The van der Waals surface area contributed by atoms with Gasteiger partial charge in [-0.1, -0.05) is 30.3 Å². The molecular weight excluding hydrogens is 478 g/mol. The molecule has 3 aromatic carbocycles. The van der Waals surface area contributed by atoms with Crippen LogP contribution < -0.4 is 10.0 Å². The number of nitrogens with zero attached hydrogens (tertiary/aromatic N) is 3. The molecule has 0 atom stereocenters. The van der Waals surface area contributed by atoms with Crippen molar-refractivity contribution in [1.29, 1.82) is 0 Å². The molecule has 0 saturated heterocycles. The molecule has 5 rings (SSSR count). The Morgan fingerprint density at radius 2 is 1.61 bits per heavy atom. The predicted molar refractivity (Wildman–Crippen MR) is 137 cm³/mol. The highest BCUT2D eigenvalue weighted by molar-refractivity contribution is 7.92. The van der Waals surface area contributed by atoms with Crippen molar-refractivity contribution in [3.8, 4) is 11.1 Å². The van der Waals surface area contributed by atoms with Crippen LogP contribution in [0.3, 0.4) is 0 Å². The molecule has 9 nitrogen and oxygen atoms in total. The fraction of sp³-hybridized carbons (Fsp3) is 0. The Balaban J connectivity index is 1.42. The molecule has 0 saturated carbocycles. The van der Waals surface area contributed by atoms with Crippen LogP contribution in [0, 0.1) is 0 Å². The molecule has 2 aromatic heterocycles. The Bertz CT molecular complexity index is 1690. The van der Waals surface area contributed by atoms with Crippen molar-refractivity contribution in [2.24, 2.45) is 0 Å². The molecule has 0 amide bonds. The summed E-state index contributed by atoms with van der Waals surface area (Å²) in [6.07, 6.45) is 4.64. The van der Waals surface area contributed by atoms with Crippen molar-refractivity contribution in [2.75, 3.05) is 10.0 Å². The van der Waals surface area contributed by atoms with Crippen molar-refractivity contribution < 1.29 is 18.3 Å². The van der Waals surface area contributed by atoms with E-state index in [2.05, 4.69) is 25.0 Å². The number of benzene rings is 3. The first-order valence-electron chi connectivity index (χ1n) is 10.8. The Kier molecular flexibility index (Phi) is 6.01. The SMILES string of the molecule is O=C(O)c1cccc(Nc2cnc3ccc(-c4cncc(NS(=O)(=O)c5ccccc5)c4)cc3n2)c1. The summed E-state index contributed by atoms with van der Waals surface area (Å²) in [4.78, 5) is 24.6. The molecule has 178 valence electrons. The summed E-state index contributed by atoms with van der Waals surface area (Å²) < 4.78 is 27.9. The molecule has 0 aliphatic heterocycles. The molecule has 0 aliphatic carbocycles. The van der Waals surface area contributed by atoms with Gasteiger partial charge >= 0.3 is 5.97 Å². The molecule has 2 heterocycles. The van der Waals surface area contributed by atoms with Crippen LogP contribution in [0.15, 0.2) is 102 Å². The molecule has 10 heteroatoms. The third-order valence-corrected chi connectivity index (χ3v) is 6.70. The van der Waals surface area contributed by atoms with Crippen molar-refractivity contribution in [3.05, 3.63) is 103 Å². The number of anilines is 3. The third-order valence-electron chi connectivity index (χ3n) is 5.30. The van der Waals surface area contributed by atoms with Crippen LogP contribution in [0.25, 0.3) is 22.2 Å². The molecule has 0 spiro atoms. The molecule has 0 radical (unpaired) electrons. The maximum absolute atomic E-state index is 12.7. The van der Waals surface area contributed by atoms with E-state index in [4.69, 9.17) is 0 Å². The van der Waals surface area contributed by atoms with Gasteiger partial charge in [0.2, 0.25) is 0 Å². The van der Waals surface area contributed by atoms with Gasteiger partial charge in [-0.05, 0) is 54.1 Å².